The molecule has 1 aromatic heterocycles. The van der Waals surface area contributed by atoms with E-state index in [1.54, 1.807) is 18.9 Å². The van der Waals surface area contributed by atoms with Crippen LogP contribution in [0.3, 0.4) is 0 Å². The van der Waals surface area contributed by atoms with Gasteiger partial charge in [-0.05, 0) is 113 Å². The van der Waals surface area contributed by atoms with Gasteiger partial charge in [0.15, 0.2) is 5.78 Å². The van der Waals surface area contributed by atoms with Crippen molar-refractivity contribution in [3.63, 3.8) is 0 Å². The molecule has 1 fully saturated rings. The second-order valence-electron chi connectivity index (χ2n) is 17.1. The molecular weight excluding hydrogens is 811 g/mol. The SMILES string of the molecule is CC(=O)c1ccc2/c(c1)=C(c1ccc3c(c1)NC(=O)C3)\C=C\CC(C)\C=2C.CCC(F)(F)CC.COC1CN(C(=O)c2ccc3cncc(-c4ccc5c(c4)CCC(=O)N5C)c3c2)C1. The first-order valence-electron chi connectivity index (χ1n) is 22.0. The van der Waals surface area contributed by atoms with Crippen LogP contribution >= 0.6 is 0 Å². The number of anilines is 2. The average molecular weight is 867 g/mol. The van der Waals surface area contributed by atoms with Crippen molar-refractivity contribution in [1.29, 1.82) is 0 Å². The van der Waals surface area contributed by atoms with E-state index in [2.05, 4.69) is 54.5 Å². The van der Waals surface area contributed by atoms with E-state index in [0.29, 0.717) is 37.4 Å². The third kappa shape index (κ3) is 9.74. The lowest BCUT2D eigenvalue weighted by atomic mass is 9.89. The predicted molar refractivity (Wildman–Crippen MR) is 250 cm³/mol. The van der Waals surface area contributed by atoms with E-state index >= 15 is 0 Å². The van der Waals surface area contributed by atoms with Crippen LogP contribution in [0.2, 0.25) is 0 Å². The summed E-state index contributed by atoms with van der Waals surface area (Å²) in [5, 5.41) is 7.20. The first-order valence-corrected chi connectivity index (χ1v) is 22.0. The largest absolute Gasteiger partial charge is 0.378 e. The zero-order chi connectivity index (χ0) is 45.9. The van der Waals surface area contributed by atoms with Crippen molar-refractivity contribution in [2.75, 3.05) is 37.5 Å². The van der Waals surface area contributed by atoms with Crippen LogP contribution in [-0.2, 0) is 27.2 Å². The summed E-state index contributed by atoms with van der Waals surface area (Å²) in [6.45, 7) is 10.3. The normalized spacial score (nSPS) is 19.0. The van der Waals surface area contributed by atoms with Gasteiger partial charge in [0.2, 0.25) is 17.7 Å². The van der Waals surface area contributed by atoms with E-state index in [-0.39, 0.29) is 42.5 Å². The summed E-state index contributed by atoms with van der Waals surface area (Å²) in [5.74, 6) is -1.69. The maximum Gasteiger partial charge on any atom is 0.254 e. The molecule has 3 aliphatic heterocycles. The van der Waals surface area contributed by atoms with Crippen molar-refractivity contribution in [1.82, 2.24) is 9.88 Å². The number of hydrogen-bond donors (Lipinski definition) is 1. The summed E-state index contributed by atoms with van der Waals surface area (Å²) >= 11 is 0. The van der Waals surface area contributed by atoms with Crippen LogP contribution in [0.1, 0.15) is 97.7 Å². The third-order valence-electron chi connectivity index (χ3n) is 12.9. The Balaban J connectivity index is 0.000000168. The van der Waals surface area contributed by atoms with Crippen molar-refractivity contribution >= 4 is 56.8 Å². The van der Waals surface area contributed by atoms with Gasteiger partial charge in [-0.1, -0.05) is 74.9 Å². The van der Waals surface area contributed by atoms with Crippen LogP contribution in [0.4, 0.5) is 20.2 Å². The van der Waals surface area contributed by atoms with Gasteiger partial charge in [-0.2, -0.15) is 0 Å². The number of aromatic nitrogens is 1. The van der Waals surface area contributed by atoms with Crippen LogP contribution in [0.15, 0.2) is 97.3 Å². The Hall–Kier alpha value is -6.33. The molecule has 1 aliphatic carbocycles. The van der Waals surface area contributed by atoms with E-state index in [1.807, 2.05) is 78.9 Å². The molecule has 0 saturated carbocycles. The third-order valence-corrected chi connectivity index (χ3v) is 12.9. The Morgan fingerprint density at radius 1 is 0.875 bits per heavy atom. The van der Waals surface area contributed by atoms with Gasteiger partial charge in [-0.25, -0.2) is 8.78 Å². The van der Waals surface area contributed by atoms with Crippen molar-refractivity contribution in [3.8, 4) is 11.1 Å². The first kappa shape index (κ1) is 45.7. The number of methoxy groups -OCH3 is 1. The molecule has 11 heteroatoms. The quantitative estimate of drug-likeness (QED) is 0.164. The van der Waals surface area contributed by atoms with Gasteiger partial charge in [0, 0.05) is 92.4 Å². The lowest BCUT2D eigenvalue weighted by Crippen LogP contribution is -2.54. The topological polar surface area (TPSA) is 109 Å². The highest BCUT2D eigenvalue weighted by Gasteiger charge is 2.31. The number of carbonyl (C=O) groups is 4. The predicted octanol–water partition coefficient (Wildman–Crippen LogP) is 9.07. The molecular formula is C53H56F2N4O5. The highest BCUT2D eigenvalue weighted by Crippen LogP contribution is 2.35. The monoisotopic (exact) mass is 866 g/mol. The van der Waals surface area contributed by atoms with Gasteiger partial charge >= 0.3 is 0 Å². The van der Waals surface area contributed by atoms with Crippen LogP contribution in [-0.4, -0.2) is 72.7 Å². The molecule has 0 bridgehead atoms. The zero-order valence-electron chi connectivity index (χ0n) is 37.7. The fraction of sp³-hybridized carbons (Fsp3) is 0.340. The summed E-state index contributed by atoms with van der Waals surface area (Å²) < 4.78 is 29.0. The number of carbonyl (C=O) groups excluding carboxylic acids is 4. The molecule has 9 nitrogen and oxygen atoms in total. The van der Waals surface area contributed by atoms with Gasteiger partial charge in [-0.15, -0.1) is 0 Å². The molecule has 4 aromatic carbocycles. The molecule has 3 amide bonds. The Kier molecular flexibility index (Phi) is 13.7. The summed E-state index contributed by atoms with van der Waals surface area (Å²) in [4.78, 5) is 56.5. The summed E-state index contributed by atoms with van der Waals surface area (Å²) in [6, 6.07) is 24.1. The molecule has 332 valence electrons. The standard InChI is InChI=1S/C24H23N3O3.C24H23NO2.C5H10F2/c1-26-22-7-5-15(9-16(22)6-8-23(26)28)21-12-25-11-18-4-3-17(10-20(18)21)24(29)27-13-19(14-27)30-2;1-14-5-4-6-21(18-7-8-19-13-24(27)25-23(19)12-18)22-11-17(16(3)26)9-10-20(22)15(14)2;1-3-5(6,7)4-2/h3-5,7,9-12,19H,6,8,13-14H2,1-2H3;4,6-12,14H,5,13H2,1-3H3,(H,25,27);3-4H2,1-2H3/b;6-4+,20-15-,22-21+;. The lowest BCUT2D eigenvalue weighted by molar-refractivity contribution is -0.118. The molecule has 4 aliphatic rings. The highest BCUT2D eigenvalue weighted by molar-refractivity contribution is 6.04. The molecule has 1 atom stereocenters. The van der Waals surface area contributed by atoms with Crippen molar-refractivity contribution in [2.45, 2.75) is 85.2 Å². The number of hydrogen-bond acceptors (Lipinski definition) is 6. The number of halogens is 2. The number of fused-ring (bicyclic) bond motifs is 4. The fourth-order valence-corrected chi connectivity index (χ4v) is 8.42. The van der Waals surface area contributed by atoms with E-state index in [0.717, 1.165) is 79.2 Å². The number of ether oxygens (including phenoxy) is 1. The number of allylic oxidation sites excluding steroid dienone is 2. The number of amides is 3. The van der Waals surface area contributed by atoms with E-state index < -0.39 is 5.92 Å². The van der Waals surface area contributed by atoms with Gasteiger partial charge in [0.05, 0.1) is 12.5 Å². The van der Waals surface area contributed by atoms with Crippen molar-refractivity contribution in [2.24, 2.45) is 5.92 Å². The smallest absolute Gasteiger partial charge is 0.254 e. The molecule has 4 heterocycles. The number of pyridine rings is 1. The maximum atomic E-state index is 12.9. The minimum Gasteiger partial charge on any atom is -0.378 e. The average Bonchev–Trinajstić information content (AvgIpc) is 3.67. The second-order valence-corrected chi connectivity index (χ2v) is 17.1. The lowest BCUT2D eigenvalue weighted by Gasteiger charge is -2.38. The Morgan fingerprint density at radius 2 is 1.61 bits per heavy atom. The minimum atomic E-state index is -2.42. The first-order chi connectivity index (χ1) is 30.6. The number of nitrogens with one attached hydrogen (secondary N) is 1. The number of nitrogens with zero attached hydrogens (tertiary/aromatic N) is 3. The highest BCUT2D eigenvalue weighted by atomic mass is 19.3. The van der Waals surface area contributed by atoms with Gasteiger partial charge < -0.3 is 19.9 Å². The van der Waals surface area contributed by atoms with Crippen LogP contribution in [0.25, 0.3) is 33.0 Å². The number of aryl methyl sites for hydroxylation is 1. The van der Waals surface area contributed by atoms with E-state index in [9.17, 15) is 28.0 Å². The van der Waals surface area contributed by atoms with Gasteiger partial charge in [0.25, 0.3) is 5.91 Å². The van der Waals surface area contributed by atoms with Crippen molar-refractivity contribution < 1.29 is 32.7 Å². The number of Topliss-reactive ketones (excluding diaryl/α,β-unsaturated/α-hetero) is 1. The van der Waals surface area contributed by atoms with Gasteiger partial charge in [-0.3, -0.25) is 24.2 Å². The summed E-state index contributed by atoms with van der Waals surface area (Å²) in [7, 11) is 3.50. The molecule has 1 unspecified atom stereocenters. The molecule has 5 aromatic rings. The maximum absolute atomic E-state index is 12.9. The summed E-state index contributed by atoms with van der Waals surface area (Å²) in [6.07, 6.45) is 10.8. The number of likely N-dealkylation sites (tertiary alicyclic amines) is 1. The van der Waals surface area contributed by atoms with E-state index in [1.165, 1.54) is 24.6 Å². The van der Waals surface area contributed by atoms with Gasteiger partial charge in [0.1, 0.15) is 0 Å². The second kappa shape index (κ2) is 19.2. The number of benzene rings is 4. The van der Waals surface area contributed by atoms with E-state index in [4.69, 9.17) is 4.74 Å². The molecule has 0 spiro atoms. The Bertz CT molecular complexity index is 2800. The number of alkyl halides is 2. The Labute approximate surface area is 373 Å². The molecule has 1 saturated heterocycles. The molecule has 64 heavy (non-hydrogen) atoms. The zero-order valence-corrected chi connectivity index (χ0v) is 37.7. The van der Waals surface area contributed by atoms with Crippen LogP contribution in [0.5, 0.6) is 0 Å². The molecule has 0 radical (unpaired) electrons. The fourth-order valence-electron chi connectivity index (χ4n) is 8.42. The van der Waals surface area contributed by atoms with Crippen molar-refractivity contribution in [3.05, 3.63) is 136 Å². The summed E-state index contributed by atoms with van der Waals surface area (Å²) in [5.41, 5.74) is 10.9. The van der Waals surface area contributed by atoms with Crippen LogP contribution < -0.4 is 20.7 Å². The Morgan fingerprint density at radius 3 is 2.31 bits per heavy atom. The molecule has 1 N–H and O–H groups in total. The van der Waals surface area contributed by atoms with Crippen LogP contribution in [0, 0.1) is 5.92 Å². The molecule has 9 rings (SSSR count). The minimum absolute atomic E-state index is 0.0264. The number of rotatable bonds is 7. The number of ketones is 1.